The molecule has 25 heavy (non-hydrogen) atoms. The first-order chi connectivity index (χ1) is 11.9. The van der Waals surface area contributed by atoms with Crippen LogP contribution in [0.4, 0.5) is 0 Å². The van der Waals surface area contributed by atoms with Gasteiger partial charge in [0, 0.05) is 17.9 Å². The first-order valence-corrected chi connectivity index (χ1v) is 9.08. The predicted molar refractivity (Wildman–Crippen MR) is 95.8 cm³/mol. The standard InChI is InChI=1S/C21H28O4/c1-15-7-11-21(23)13-17(19(22)24-3)5-4-6-18(21)20(15,2)10-8-16-9-12-25-14-16/h4-6,9,12,14-15,18,23H,7-8,10-11,13H2,1-3H3. The Labute approximate surface area is 149 Å². The summed E-state index contributed by atoms with van der Waals surface area (Å²) in [6.07, 6.45) is 13.2. The zero-order chi connectivity index (χ0) is 18.1. The lowest BCUT2D eigenvalue weighted by Gasteiger charge is -2.53. The molecule has 3 rings (SSSR count). The van der Waals surface area contributed by atoms with E-state index >= 15 is 0 Å². The molecule has 2 aliphatic rings. The number of esters is 1. The minimum absolute atomic E-state index is 0.00839. The number of rotatable bonds is 4. The van der Waals surface area contributed by atoms with Crippen molar-refractivity contribution in [3.63, 3.8) is 0 Å². The summed E-state index contributed by atoms with van der Waals surface area (Å²) in [7, 11) is 1.39. The largest absolute Gasteiger partial charge is 0.472 e. The normalized spacial score (nSPS) is 34.8. The van der Waals surface area contributed by atoms with E-state index in [1.807, 2.05) is 12.1 Å². The highest BCUT2D eigenvalue weighted by Crippen LogP contribution is 2.55. The second-order valence-corrected chi connectivity index (χ2v) is 7.90. The van der Waals surface area contributed by atoms with E-state index in [1.165, 1.54) is 12.7 Å². The van der Waals surface area contributed by atoms with Crippen molar-refractivity contribution in [3.8, 4) is 0 Å². The monoisotopic (exact) mass is 344 g/mol. The van der Waals surface area contributed by atoms with Gasteiger partial charge >= 0.3 is 5.97 Å². The number of ether oxygens (including phenoxy) is 1. The number of carbonyl (C=O) groups excluding carboxylic acids is 1. The quantitative estimate of drug-likeness (QED) is 0.837. The Hall–Kier alpha value is -1.81. The van der Waals surface area contributed by atoms with Crippen molar-refractivity contribution in [2.45, 2.75) is 51.6 Å². The first kappa shape index (κ1) is 18.0. The van der Waals surface area contributed by atoms with Crippen molar-refractivity contribution in [1.82, 2.24) is 0 Å². The Morgan fingerprint density at radius 2 is 2.28 bits per heavy atom. The smallest absolute Gasteiger partial charge is 0.333 e. The van der Waals surface area contributed by atoms with E-state index in [-0.39, 0.29) is 17.3 Å². The summed E-state index contributed by atoms with van der Waals surface area (Å²) in [6, 6.07) is 2.00. The van der Waals surface area contributed by atoms with E-state index in [0.717, 1.165) is 19.3 Å². The Kier molecular flexibility index (Phi) is 4.92. The second-order valence-electron chi connectivity index (χ2n) is 7.90. The van der Waals surface area contributed by atoms with Crippen molar-refractivity contribution in [3.05, 3.63) is 48.0 Å². The van der Waals surface area contributed by atoms with Crippen LogP contribution in [0.25, 0.3) is 0 Å². The molecule has 1 aromatic heterocycles. The maximum atomic E-state index is 12.0. The summed E-state index contributed by atoms with van der Waals surface area (Å²) >= 11 is 0. The number of methoxy groups -OCH3 is 1. The molecule has 0 spiro atoms. The van der Waals surface area contributed by atoms with Gasteiger partial charge in [-0.3, -0.25) is 0 Å². The van der Waals surface area contributed by atoms with Crippen LogP contribution in [0.2, 0.25) is 0 Å². The molecule has 0 aliphatic heterocycles. The number of hydrogen-bond donors (Lipinski definition) is 1. The third-order valence-corrected chi connectivity index (χ3v) is 6.50. The van der Waals surface area contributed by atoms with Crippen LogP contribution in [0.15, 0.2) is 46.8 Å². The van der Waals surface area contributed by atoms with Gasteiger partial charge in [-0.1, -0.05) is 32.1 Å². The molecule has 0 radical (unpaired) electrons. The van der Waals surface area contributed by atoms with E-state index in [9.17, 15) is 9.90 Å². The molecular formula is C21H28O4. The molecule has 136 valence electrons. The van der Waals surface area contributed by atoms with Gasteiger partial charge in [-0.2, -0.15) is 0 Å². The van der Waals surface area contributed by atoms with Crippen molar-refractivity contribution in [1.29, 1.82) is 0 Å². The Bertz CT molecular complexity index is 672. The number of hydrogen-bond acceptors (Lipinski definition) is 4. The van der Waals surface area contributed by atoms with Crippen molar-refractivity contribution in [2.24, 2.45) is 17.3 Å². The van der Waals surface area contributed by atoms with Gasteiger partial charge in [0.25, 0.3) is 0 Å². The van der Waals surface area contributed by atoms with Crippen molar-refractivity contribution >= 4 is 5.97 Å². The van der Waals surface area contributed by atoms with Gasteiger partial charge in [-0.05, 0) is 48.6 Å². The molecule has 2 aliphatic carbocycles. The lowest BCUT2D eigenvalue weighted by Crippen LogP contribution is -2.53. The molecule has 1 aromatic rings. The molecule has 0 aromatic carbocycles. The predicted octanol–water partition coefficient (Wildman–Crippen LogP) is 4.06. The fourth-order valence-corrected chi connectivity index (χ4v) is 4.66. The van der Waals surface area contributed by atoms with Crippen LogP contribution in [0.3, 0.4) is 0 Å². The van der Waals surface area contributed by atoms with Gasteiger partial charge < -0.3 is 14.3 Å². The topological polar surface area (TPSA) is 59.7 Å². The van der Waals surface area contributed by atoms with Crippen molar-refractivity contribution < 1.29 is 19.1 Å². The van der Waals surface area contributed by atoms with Crippen LogP contribution < -0.4 is 0 Å². The molecule has 4 heteroatoms. The molecule has 4 nitrogen and oxygen atoms in total. The van der Waals surface area contributed by atoms with Gasteiger partial charge in [-0.15, -0.1) is 0 Å². The van der Waals surface area contributed by atoms with Gasteiger partial charge in [-0.25, -0.2) is 4.79 Å². The summed E-state index contributed by atoms with van der Waals surface area (Å²) in [5.41, 5.74) is 0.800. The summed E-state index contributed by atoms with van der Waals surface area (Å²) in [5.74, 6) is 0.153. The van der Waals surface area contributed by atoms with Crippen molar-refractivity contribution in [2.75, 3.05) is 7.11 Å². The molecule has 1 N–H and O–H groups in total. The first-order valence-electron chi connectivity index (χ1n) is 9.08. The summed E-state index contributed by atoms with van der Waals surface area (Å²) in [6.45, 7) is 4.56. The molecule has 0 bridgehead atoms. The third kappa shape index (κ3) is 3.32. The minimum atomic E-state index is -0.898. The molecular weight excluding hydrogens is 316 g/mol. The number of fused-ring (bicyclic) bond motifs is 1. The van der Waals surface area contributed by atoms with Crippen LogP contribution in [0, 0.1) is 17.3 Å². The average molecular weight is 344 g/mol. The van der Waals surface area contributed by atoms with E-state index in [4.69, 9.17) is 9.15 Å². The van der Waals surface area contributed by atoms with E-state index in [0.29, 0.717) is 24.3 Å². The van der Waals surface area contributed by atoms with Gasteiger partial charge in [0.05, 0.1) is 25.2 Å². The molecule has 1 fully saturated rings. The number of allylic oxidation sites excluding steroid dienone is 2. The second kappa shape index (κ2) is 6.83. The number of carbonyl (C=O) groups is 1. The molecule has 1 saturated carbocycles. The molecule has 0 amide bonds. The zero-order valence-electron chi connectivity index (χ0n) is 15.3. The lowest BCUT2D eigenvalue weighted by molar-refractivity contribution is -0.139. The zero-order valence-corrected chi connectivity index (χ0v) is 15.3. The van der Waals surface area contributed by atoms with Crippen LogP contribution in [-0.4, -0.2) is 23.8 Å². The van der Waals surface area contributed by atoms with Crippen LogP contribution in [0.5, 0.6) is 0 Å². The number of aryl methyl sites for hydroxylation is 1. The van der Waals surface area contributed by atoms with E-state index in [2.05, 4.69) is 19.9 Å². The van der Waals surface area contributed by atoms with Crippen LogP contribution in [0.1, 0.15) is 45.1 Å². The van der Waals surface area contributed by atoms with Crippen LogP contribution >= 0.6 is 0 Å². The van der Waals surface area contributed by atoms with Gasteiger partial charge in [0.2, 0.25) is 0 Å². The number of aliphatic hydroxyl groups is 1. The fourth-order valence-electron chi connectivity index (χ4n) is 4.66. The molecule has 4 unspecified atom stereocenters. The maximum absolute atomic E-state index is 12.0. The average Bonchev–Trinajstić information content (AvgIpc) is 3.05. The molecule has 0 saturated heterocycles. The Morgan fingerprint density at radius 3 is 2.96 bits per heavy atom. The minimum Gasteiger partial charge on any atom is -0.472 e. The van der Waals surface area contributed by atoms with Gasteiger partial charge in [0.15, 0.2) is 0 Å². The Morgan fingerprint density at radius 1 is 1.48 bits per heavy atom. The third-order valence-electron chi connectivity index (χ3n) is 6.50. The van der Waals surface area contributed by atoms with Crippen LogP contribution in [-0.2, 0) is 16.0 Å². The summed E-state index contributed by atoms with van der Waals surface area (Å²) in [4.78, 5) is 12.0. The summed E-state index contributed by atoms with van der Waals surface area (Å²) in [5, 5.41) is 11.5. The highest BCUT2D eigenvalue weighted by atomic mass is 16.5. The highest BCUT2D eigenvalue weighted by Gasteiger charge is 2.53. The van der Waals surface area contributed by atoms with E-state index < -0.39 is 5.60 Å². The molecule has 1 heterocycles. The number of furan rings is 1. The highest BCUT2D eigenvalue weighted by molar-refractivity contribution is 5.89. The maximum Gasteiger partial charge on any atom is 0.333 e. The summed E-state index contributed by atoms with van der Waals surface area (Å²) < 4.78 is 10.1. The SMILES string of the molecule is COC(=O)C1=CC=CC2C(O)(CCC(C)C2(C)CCc2ccoc2)C1. The fraction of sp³-hybridized carbons (Fsp3) is 0.571. The Balaban J connectivity index is 1.86. The lowest BCUT2D eigenvalue weighted by atomic mass is 9.53. The van der Waals surface area contributed by atoms with Gasteiger partial charge in [0.1, 0.15) is 0 Å². The molecule has 4 atom stereocenters. The van der Waals surface area contributed by atoms with E-state index in [1.54, 1.807) is 18.6 Å².